The number of rotatable bonds is 3. The molecule has 0 aliphatic carbocycles. The minimum absolute atomic E-state index is 0.144. The van der Waals surface area contributed by atoms with Crippen molar-refractivity contribution in [3.63, 3.8) is 0 Å². The van der Waals surface area contributed by atoms with Crippen molar-refractivity contribution >= 4 is 27.8 Å². The van der Waals surface area contributed by atoms with E-state index >= 15 is 0 Å². The van der Waals surface area contributed by atoms with Crippen molar-refractivity contribution in [2.75, 3.05) is 13.7 Å². The lowest BCUT2D eigenvalue weighted by Crippen LogP contribution is -2.41. The second-order valence-corrected chi connectivity index (χ2v) is 5.63. The molecule has 0 spiro atoms. The minimum atomic E-state index is -0.721. The monoisotopic (exact) mass is 344 g/mol. The van der Waals surface area contributed by atoms with Crippen molar-refractivity contribution in [2.45, 2.75) is 32.0 Å². The maximum Gasteiger partial charge on any atom is 0.328 e. The zero-order valence-electron chi connectivity index (χ0n) is 11.4. The normalized spacial score (nSPS) is 22.1. The molecule has 2 atom stereocenters. The number of nitrogens with zero attached hydrogens (tertiary/aromatic N) is 2. The van der Waals surface area contributed by atoms with Crippen molar-refractivity contribution in [3.8, 4) is 0 Å². The summed E-state index contributed by atoms with van der Waals surface area (Å²) in [6, 6.07) is 0.992. The van der Waals surface area contributed by atoms with Gasteiger partial charge in [0.15, 0.2) is 0 Å². The first-order chi connectivity index (χ1) is 9.47. The van der Waals surface area contributed by atoms with E-state index < -0.39 is 18.1 Å². The van der Waals surface area contributed by atoms with E-state index in [1.807, 2.05) is 13.1 Å². The smallest absolute Gasteiger partial charge is 0.328 e. The number of aliphatic hydroxyl groups is 1. The van der Waals surface area contributed by atoms with Crippen LogP contribution in [0.2, 0.25) is 0 Å². The first-order valence-corrected chi connectivity index (χ1v) is 7.19. The van der Waals surface area contributed by atoms with Gasteiger partial charge in [0.2, 0.25) is 0 Å². The summed E-state index contributed by atoms with van der Waals surface area (Å²) in [5.74, 6) is -0.770. The average molecular weight is 345 g/mol. The molecule has 0 radical (unpaired) electrons. The maximum atomic E-state index is 12.6. The van der Waals surface area contributed by atoms with E-state index in [2.05, 4.69) is 15.9 Å². The largest absolute Gasteiger partial charge is 0.467 e. The highest BCUT2D eigenvalue weighted by Crippen LogP contribution is 2.24. The first-order valence-electron chi connectivity index (χ1n) is 6.40. The zero-order valence-corrected chi connectivity index (χ0v) is 13.0. The second-order valence-electron chi connectivity index (χ2n) is 4.72. The number of halogens is 1. The first kappa shape index (κ1) is 15.1. The molecule has 20 heavy (non-hydrogen) atoms. The fourth-order valence-electron chi connectivity index (χ4n) is 2.46. The minimum Gasteiger partial charge on any atom is -0.467 e. The number of hydrogen-bond acceptors (Lipinski definition) is 4. The molecule has 2 rings (SSSR count). The van der Waals surface area contributed by atoms with E-state index in [1.54, 1.807) is 10.6 Å². The molecule has 110 valence electrons. The molecular weight excluding hydrogens is 328 g/mol. The third-order valence-electron chi connectivity index (χ3n) is 3.44. The molecule has 1 aromatic heterocycles. The van der Waals surface area contributed by atoms with E-state index in [-0.39, 0.29) is 18.9 Å². The van der Waals surface area contributed by atoms with Crippen LogP contribution in [0.5, 0.6) is 0 Å². The number of methoxy groups -OCH3 is 1. The lowest BCUT2D eigenvalue weighted by Gasteiger charge is -2.22. The van der Waals surface area contributed by atoms with Gasteiger partial charge in [-0.1, -0.05) is 0 Å². The third-order valence-corrected chi connectivity index (χ3v) is 3.87. The SMILES string of the molecule is CCn1cc(Br)cc1C(=O)N1CC(O)CC1C(=O)OC. The van der Waals surface area contributed by atoms with Crippen molar-refractivity contribution < 1.29 is 19.4 Å². The van der Waals surface area contributed by atoms with E-state index in [0.29, 0.717) is 12.2 Å². The number of ether oxygens (including phenoxy) is 1. The highest BCUT2D eigenvalue weighted by Gasteiger charge is 2.40. The number of likely N-dealkylation sites (tertiary alicyclic amines) is 1. The van der Waals surface area contributed by atoms with Gasteiger partial charge in [-0.2, -0.15) is 0 Å². The Morgan fingerprint density at radius 3 is 2.85 bits per heavy atom. The van der Waals surface area contributed by atoms with Crippen LogP contribution in [0.25, 0.3) is 0 Å². The van der Waals surface area contributed by atoms with Crippen molar-refractivity contribution in [3.05, 3.63) is 22.4 Å². The predicted molar refractivity (Wildman–Crippen MR) is 75.3 cm³/mol. The quantitative estimate of drug-likeness (QED) is 0.831. The van der Waals surface area contributed by atoms with E-state index in [1.165, 1.54) is 12.0 Å². The Labute approximate surface area is 125 Å². The molecule has 1 saturated heterocycles. The molecular formula is C13H17BrN2O4. The summed E-state index contributed by atoms with van der Waals surface area (Å²) in [7, 11) is 1.28. The van der Waals surface area contributed by atoms with Crippen LogP contribution < -0.4 is 0 Å². The van der Waals surface area contributed by atoms with Crippen molar-refractivity contribution in [1.29, 1.82) is 0 Å². The molecule has 6 nitrogen and oxygen atoms in total. The molecule has 2 heterocycles. The van der Waals surface area contributed by atoms with Gasteiger partial charge in [0, 0.05) is 30.2 Å². The molecule has 2 unspecified atom stereocenters. The lowest BCUT2D eigenvalue weighted by atomic mass is 10.2. The Morgan fingerprint density at radius 1 is 1.55 bits per heavy atom. The van der Waals surface area contributed by atoms with Gasteiger partial charge in [-0.3, -0.25) is 4.79 Å². The molecule has 0 bridgehead atoms. The summed E-state index contributed by atoms with van der Waals surface area (Å²) in [5, 5.41) is 9.72. The highest BCUT2D eigenvalue weighted by molar-refractivity contribution is 9.10. The van der Waals surface area contributed by atoms with Gasteiger partial charge >= 0.3 is 5.97 Å². The Hall–Kier alpha value is -1.34. The van der Waals surface area contributed by atoms with Gasteiger partial charge in [-0.25, -0.2) is 4.79 Å². The van der Waals surface area contributed by atoms with Gasteiger partial charge in [0.25, 0.3) is 5.91 Å². The van der Waals surface area contributed by atoms with Crippen LogP contribution in [-0.2, 0) is 16.1 Å². The van der Waals surface area contributed by atoms with Crippen LogP contribution in [0.15, 0.2) is 16.7 Å². The van der Waals surface area contributed by atoms with Gasteiger partial charge in [-0.15, -0.1) is 0 Å². The number of carbonyl (C=O) groups is 2. The molecule has 0 saturated carbocycles. The molecule has 0 aromatic carbocycles. The van der Waals surface area contributed by atoms with E-state index in [4.69, 9.17) is 4.74 Å². The molecule has 1 fully saturated rings. The molecule has 7 heteroatoms. The van der Waals surface area contributed by atoms with Crippen LogP contribution in [0.1, 0.15) is 23.8 Å². The fourth-order valence-corrected chi connectivity index (χ4v) is 2.92. The summed E-state index contributed by atoms with van der Waals surface area (Å²) in [4.78, 5) is 25.7. The average Bonchev–Trinajstić information content (AvgIpc) is 3.00. The summed E-state index contributed by atoms with van der Waals surface area (Å²) < 4.78 is 7.30. The summed E-state index contributed by atoms with van der Waals surface area (Å²) in [5.41, 5.74) is 0.488. The number of aromatic nitrogens is 1. The van der Waals surface area contributed by atoms with E-state index in [9.17, 15) is 14.7 Å². The van der Waals surface area contributed by atoms with Gasteiger partial charge < -0.3 is 19.3 Å². The maximum absolute atomic E-state index is 12.6. The van der Waals surface area contributed by atoms with Crippen LogP contribution >= 0.6 is 15.9 Å². The second kappa shape index (κ2) is 5.97. The van der Waals surface area contributed by atoms with Crippen LogP contribution in [0.3, 0.4) is 0 Å². The Balaban J connectivity index is 2.28. The Morgan fingerprint density at radius 2 is 2.25 bits per heavy atom. The number of hydrogen-bond donors (Lipinski definition) is 1. The fraction of sp³-hybridized carbons (Fsp3) is 0.538. The molecule has 1 aliphatic heterocycles. The van der Waals surface area contributed by atoms with Crippen LogP contribution in [0, 0.1) is 0 Å². The van der Waals surface area contributed by atoms with Gasteiger partial charge in [0.1, 0.15) is 11.7 Å². The molecule has 1 amide bonds. The van der Waals surface area contributed by atoms with Crippen molar-refractivity contribution in [1.82, 2.24) is 9.47 Å². The Bertz CT molecular complexity index is 528. The molecule has 1 N–H and O–H groups in total. The zero-order chi connectivity index (χ0) is 14.9. The van der Waals surface area contributed by atoms with Crippen molar-refractivity contribution in [2.24, 2.45) is 0 Å². The van der Waals surface area contributed by atoms with Gasteiger partial charge in [-0.05, 0) is 28.9 Å². The van der Waals surface area contributed by atoms with E-state index in [0.717, 1.165) is 4.47 Å². The topological polar surface area (TPSA) is 71.8 Å². The predicted octanol–water partition coefficient (Wildman–Crippen LogP) is 1.02. The molecule has 1 aliphatic rings. The number of esters is 1. The van der Waals surface area contributed by atoms with Gasteiger partial charge in [0.05, 0.1) is 13.2 Å². The number of aryl methyl sites for hydroxylation is 1. The highest BCUT2D eigenvalue weighted by atomic mass is 79.9. The summed E-state index contributed by atoms with van der Waals surface area (Å²) >= 11 is 3.34. The summed E-state index contributed by atoms with van der Waals surface area (Å²) in [6.45, 7) is 2.72. The summed E-state index contributed by atoms with van der Waals surface area (Å²) in [6.07, 6.45) is 1.33. The standard InChI is InChI=1S/C13H17BrN2O4/c1-3-15-6-8(14)4-10(15)12(18)16-7-9(17)5-11(16)13(19)20-2/h4,6,9,11,17H,3,5,7H2,1-2H3. The number of amides is 1. The number of aliphatic hydroxyl groups excluding tert-OH is 1. The lowest BCUT2D eigenvalue weighted by molar-refractivity contribution is -0.145. The third kappa shape index (κ3) is 2.73. The molecule has 1 aromatic rings. The number of carbonyl (C=O) groups excluding carboxylic acids is 2. The van der Waals surface area contributed by atoms with Crippen LogP contribution in [0.4, 0.5) is 0 Å². The Kier molecular flexibility index (Phi) is 4.49. The van der Waals surface area contributed by atoms with Crippen LogP contribution in [-0.4, -0.2) is 52.3 Å². The number of β-amino-alcohol motifs (C(OH)–C–C–N with tert-alkyl or cyclic N) is 1.